The molecule has 3 heteroatoms. The van der Waals surface area contributed by atoms with Crippen LogP contribution in [0.25, 0.3) is 0 Å². The Bertz CT molecular complexity index is 277. The molecule has 0 aliphatic carbocycles. The third-order valence-corrected chi connectivity index (χ3v) is 3.50. The van der Waals surface area contributed by atoms with Crippen LogP contribution in [0.5, 0.6) is 0 Å². The summed E-state index contributed by atoms with van der Waals surface area (Å²) in [5.41, 5.74) is -1.33. The van der Waals surface area contributed by atoms with E-state index in [1.807, 2.05) is 27.7 Å². The zero-order chi connectivity index (χ0) is 12.1. The molecule has 0 spiro atoms. The van der Waals surface area contributed by atoms with Crippen LogP contribution >= 0.6 is 0 Å². The van der Waals surface area contributed by atoms with Gasteiger partial charge in [-0.3, -0.25) is 4.79 Å². The van der Waals surface area contributed by atoms with Gasteiger partial charge in [-0.15, -0.1) is 0 Å². The Balaban J connectivity index is 3.02. The van der Waals surface area contributed by atoms with Crippen molar-refractivity contribution in [2.45, 2.75) is 59.2 Å². The third kappa shape index (κ3) is 2.17. The summed E-state index contributed by atoms with van der Waals surface area (Å²) in [5.74, 6) is -0.709. The fourth-order valence-electron chi connectivity index (χ4n) is 2.84. The average Bonchev–Trinajstić information content (AvgIpc) is 2.19. The Hall–Kier alpha value is -0.570. The van der Waals surface area contributed by atoms with Crippen molar-refractivity contribution in [1.29, 1.82) is 0 Å². The number of rotatable bonds is 2. The van der Waals surface area contributed by atoms with Crippen LogP contribution in [0.15, 0.2) is 0 Å². The van der Waals surface area contributed by atoms with Gasteiger partial charge in [0.1, 0.15) is 0 Å². The van der Waals surface area contributed by atoms with Crippen molar-refractivity contribution >= 4 is 5.97 Å². The van der Waals surface area contributed by atoms with Gasteiger partial charge >= 0.3 is 5.97 Å². The van der Waals surface area contributed by atoms with E-state index in [9.17, 15) is 9.90 Å². The maximum absolute atomic E-state index is 11.3. The predicted molar refractivity (Wildman–Crippen MR) is 58.8 cm³/mol. The lowest BCUT2D eigenvalue weighted by molar-refractivity contribution is -0.155. The molecule has 1 fully saturated rings. The first-order chi connectivity index (χ1) is 6.49. The smallest absolute Gasteiger partial charge is 0.309 e. The Morgan fingerprint density at radius 1 is 1.33 bits per heavy atom. The monoisotopic (exact) mass is 214 g/mol. The van der Waals surface area contributed by atoms with Crippen LogP contribution in [0.4, 0.5) is 0 Å². The lowest BCUT2D eigenvalue weighted by atomic mass is 9.69. The average molecular weight is 214 g/mol. The highest BCUT2D eigenvalue weighted by Gasteiger charge is 2.54. The minimum atomic E-state index is -0.748. The molecule has 0 aromatic rings. The predicted octanol–water partition coefficient (Wildman–Crippen LogP) is 2.69. The molecule has 3 nitrogen and oxygen atoms in total. The maximum atomic E-state index is 11.3. The van der Waals surface area contributed by atoms with Crippen molar-refractivity contribution in [3.05, 3.63) is 0 Å². The second kappa shape index (κ2) is 3.21. The van der Waals surface area contributed by atoms with Crippen LogP contribution in [0.3, 0.4) is 0 Å². The Kier molecular flexibility index (Phi) is 2.67. The third-order valence-electron chi connectivity index (χ3n) is 3.50. The van der Waals surface area contributed by atoms with Crippen LogP contribution in [-0.4, -0.2) is 22.3 Å². The van der Waals surface area contributed by atoms with Crippen molar-refractivity contribution in [1.82, 2.24) is 0 Å². The molecule has 15 heavy (non-hydrogen) atoms. The zero-order valence-electron chi connectivity index (χ0n) is 10.5. The molecule has 1 unspecified atom stereocenters. The molecule has 0 aromatic heterocycles. The van der Waals surface area contributed by atoms with E-state index in [4.69, 9.17) is 4.74 Å². The molecule has 88 valence electrons. The summed E-state index contributed by atoms with van der Waals surface area (Å²) < 4.78 is 5.92. The summed E-state index contributed by atoms with van der Waals surface area (Å²) in [5, 5.41) is 9.25. The van der Waals surface area contributed by atoms with Crippen LogP contribution in [0.1, 0.15) is 48.0 Å². The minimum absolute atomic E-state index is 0.0394. The molecule has 1 heterocycles. The highest BCUT2D eigenvalue weighted by atomic mass is 16.5. The molecular weight excluding hydrogens is 192 g/mol. The SMILES string of the molecule is CC1(C)CC(C(C)(C)C(=O)O)C(C)(C)O1. The number of carboxylic acid groups (broad SMARTS) is 1. The van der Waals surface area contributed by atoms with Gasteiger partial charge in [0.2, 0.25) is 0 Å². The first kappa shape index (κ1) is 12.5. The molecular formula is C12H22O3. The lowest BCUT2D eigenvalue weighted by Crippen LogP contribution is -2.42. The summed E-state index contributed by atoms with van der Waals surface area (Å²) in [4.78, 5) is 11.3. The maximum Gasteiger partial charge on any atom is 0.309 e. The topological polar surface area (TPSA) is 46.5 Å². The summed E-state index contributed by atoms with van der Waals surface area (Å²) in [6.45, 7) is 11.6. The van der Waals surface area contributed by atoms with E-state index in [0.717, 1.165) is 6.42 Å². The summed E-state index contributed by atoms with van der Waals surface area (Å²) in [7, 11) is 0. The quantitative estimate of drug-likeness (QED) is 0.768. The largest absolute Gasteiger partial charge is 0.481 e. The van der Waals surface area contributed by atoms with Gasteiger partial charge in [0, 0.05) is 5.92 Å². The molecule has 1 atom stereocenters. The van der Waals surface area contributed by atoms with E-state index in [-0.39, 0.29) is 17.1 Å². The molecule has 1 rings (SSSR count). The molecule has 0 bridgehead atoms. The summed E-state index contributed by atoms with van der Waals surface area (Å²) in [6.07, 6.45) is 0.791. The Labute approximate surface area is 91.8 Å². The van der Waals surface area contributed by atoms with Crippen molar-refractivity contribution < 1.29 is 14.6 Å². The first-order valence-corrected chi connectivity index (χ1v) is 5.43. The van der Waals surface area contributed by atoms with E-state index in [1.165, 1.54) is 0 Å². The van der Waals surface area contributed by atoms with Gasteiger partial charge in [-0.05, 0) is 48.0 Å². The standard InChI is InChI=1S/C12H22O3/c1-10(2)7-8(12(5,6)15-10)11(3,4)9(13)14/h8H,7H2,1-6H3,(H,13,14). The number of hydrogen-bond donors (Lipinski definition) is 1. The molecule has 1 N–H and O–H groups in total. The molecule has 1 aliphatic heterocycles. The number of carboxylic acids is 1. The molecule has 0 aromatic carbocycles. The van der Waals surface area contributed by atoms with Gasteiger partial charge in [-0.25, -0.2) is 0 Å². The highest BCUT2D eigenvalue weighted by molar-refractivity contribution is 5.74. The number of ether oxygens (including phenoxy) is 1. The van der Waals surface area contributed by atoms with Crippen LogP contribution < -0.4 is 0 Å². The van der Waals surface area contributed by atoms with Gasteiger partial charge in [-0.1, -0.05) is 0 Å². The van der Waals surface area contributed by atoms with Crippen molar-refractivity contribution in [2.24, 2.45) is 11.3 Å². The fourth-order valence-corrected chi connectivity index (χ4v) is 2.84. The summed E-state index contributed by atoms with van der Waals surface area (Å²) >= 11 is 0. The van der Waals surface area contributed by atoms with Gasteiger partial charge in [-0.2, -0.15) is 0 Å². The second-order valence-corrected chi connectivity index (χ2v) is 6.25. The molecule has 0 amide bonds. The molecule has 1 aliphatic rings. The molecule has 0 saturated carbocycles. The van der Waals surface area contributed by atoms with Crippen molar-refractivity contribution in [3.63, 3.8) is 0 Å². The fraction of sp³-hybridized carbons (Fsp3) is 0.917. The van der Waals surface area contributed by atoms with E-state index in [1.54, 1.807) is 13.8 Å². The molecule has 1 saturated heterocycles. The number of aliphatic carboxylic acids is 1. The van der Waals surface area contributed by atoms with Gasteiger partial charge in [0.25, 0.3) is 0 Å². The van der Waals surface area contributed by atoms with E-state index in [0.29, 0.717) is 0 Å². The van der Waals surface area contributed by atoms with Crippen LogP contribution in [0.2, 0.25) is 0 Å². The Morgan fingerprint density at radius 3 is 2.07 bits per heavy atom. The zero-order valence-corrected chi connectivity index (χ0v) is 10.5. The Morgan fingerprint density at radius 2 is 1.80 bits per heavy atom. The van der Waals surface area contributed by atoms with Gasteiger partial charge in [0.15, 0.2) is 0 Å². The normalized spacial score (nSPS) is 29.1. The van der Waals surface area contributed by atoms with Crippen LogP contribution in [0, 0.1) is 11.3 Å². The second-order valence-electron chi connectivity index (χ2n) is 6.25. The van der Waals surface area contributed by atoms with Gasteiger partial charge < -0.3 is 9.84 Å². The minimum Gasteiger partial charge on any atom is -0.481 e. The summed E-state index contributed by atoms with van der Waals surface area (Å²) in [6, 6.07) is 0. The lowest BCUT2D eigenvalue weighted by Gasteiger charge is -2.35. The van der Waals surface area contributed by atoms with Gasteiger partial charge in [0.05, 0.1) is 16.6 Å². The van der Waals surface area contributed by atoms with Crippen molar-refractivity contribution in [3.8, 4) is 0 Å². The molecule has 0 radical (unpaired) electrons. The van der Waals surface area contributed by atoms with Crippen LogP contribution in [-0.2, 0) is 9.53 Å². The number of hydrogen-bond acceptors (Lipinski definition) is 2. The highest BCUT2D eigenvalue weighted by Crippen LogP contribution is 2.50. The van der Waals surface area contributed by atoms with E-state index in [2.05, 4.69) is 0 Å². The van der Waals surface area contributed by atoms with E-state index < -0.39 is 11.4 Å². The number of carbonyl (C=O) groups is 1. The first-order valence-electron chi connectivity index (χ1n) is 5.43. The van der Waals surface area contributed by atoms with E-state index >= 15 is 0 Å². The van der Waals surface area contributed by atoms with Crippen molar-refractivity contribution in [2.75, 3.05) is 0 Å².